The van der Waals surface area contributed by atoms with E-state index in [9.17, 15) is 0 Å². The van der Waals surface area contributed by atoms with E-state index in [0.717, 1.165) is 17.0 Å². The standard InChI is InChI=1S/C12H17N3O2S/c1-8(14-15-12(18)13-2)10-6-5-9(16-3)7-11(10)17-4/h5-7H,1-4H3,(H2,13,15,18)/b14-8+. The monoisotopic (exact) mass is 267 g/mol. The van der Waals surface area contributed by atoms with Gasteiger partial charge < -0.3 is 14.8 Å². The van der Waals surface area contributed by atoms with Crippen LogP contribution in [0.4, 0.5) is 0 Å². The number of benzene rings is 1. The lowest BCUT2D eigenvalue weighted by Gasteiger charge is -2.10. The van der Waals surface area contributed by atoms with Crippen LogP contribution in [0.1, 0.15) is 12.5 Å². The van der Waals surface area contributed by atoms with E-state index in [4.69, 9.17) is 21.7 Å². The highest BCUT2D eigenvalue weighted by atomic mass is 32.1. The quantitative estimate of drug-likeness (QED) is 0.492. The number of ether oxygens (including phenoxy) is 2. The lowest BCUT2D eigenvalue weighted by molar-refractivity contribution is 0.394. The molecule has 98 valence electrons. The molecule has 0 atom stereocenters. The molecule has 0 amide bonds. The minimum Gasteiger partial charge on any atom is -0.497 e. The average molecular weight is 267 g/mol. The van der Waals surface area contributed by atoms with Gasteiger partial charge in [0.15, 0.2) is 5.11 Å². The Kier molecular flexibility index (Phi) is 5.38. The van der Waals surface area contributed by atoms with Crippen molar-refractivity contribution in [2.45, 2.75) is 6.92 Å². The molecule has 0 spiro atoms. The Labute approximate surface area is 112 Å². The summed E-state index contributed by atoms with van der Waals surface area (Å²) in [7, 11) is 4.95. The third-order valence-electron chi connectivity index (χ3n) is 2.35. The van der Waals surface area contributed by atoms with E-state index in [-0.39, 0.29) is 0 Å². The van der Waals surface area contributed by atoms with E-state index in [2.05, 4.69) is 15.8 Å². The Balaban J connectivity index is 2.97. The third-order valence-corrected chi connectivity index (χ3v) is 2.65. The van der Waals surface area contributed by atoms with Gasteiger partial charge in [-0.3, -0.25) is 5.43 Å². The molecule has 5 nitrogen and oxygen atoms in total. The predicted molar refractivity (Wildman–Crippen MR) is 76.6 cm³/mol. The number of thiocarbonyl (C=S) groups is 1. The summed E-state index contributed by atoms with van der Waals surface area (Å²) in [5.41, 5.74) is 4.38. The minimum absolute atomic E-state index is 0.460. The summed E-state index contributed by atoms with van der Waals surface area (Å²) in [6.07, 6.45) is 0. The third kappa shape index (κ3) is 3.59. The molecule has 0 aliphatic rings. The van der Waals surface area contributed by atoms with Gasteiger partial charge in [0.2, 0.25) is 0 Å². The SMILES string of the molecule is CNC(=S)N/N=C(\C)c1ccc(OC)cc1OC. The zero-order valence-electron chi connectivity index (χ0n) is 10.9. The first kappa shape index (κ1) is 14.2. The number of rotatable bonds is 4. The van der Waals surface area contributed by atoms with Gasteiger partial charge >= 0.3 is 0 Å². The van der Waals surface area contributed by atoms with E-state index < -0.39 is 0 Å². The summed E-state index contributed by atoms with van der Waals surface area (Å²) >= 11 is 4.94. The number of methoxy groups -OCH3 is 2. The van der Waals surface area contributed by atoms with Crippen molar-refractivity contribution in [2.24, 2.45) is 5.10 Å². The van der Waals surface area contributed by atoms with Gasteiger partial charge in [-0.2, -0.15) is 5.10 Å². The van der Waals surface area contributed by atoms with Crippen molar-refractivity contribution in [2.75, 3.05) is 21.3 Å². The molecule has 0 fully saturated rings. The molecule has 1 aromatic carbocycles. The highest BCUT2D eigenvalue weighted by Gasteiger charge is 2.08. The lowest BCUT2D eigenvalue weighted by atomic mass is 10.1. The van der Waals surface area contributed by atoms with Crippen LogP contribution in [-0.4, -0.2) is 32.1 Å². The van der Waals surface area contributed by atoms with Crippen LogP contribution in [0.5, 0.6) is 11.5 Å². The molecule has 0 saturated carbocycles. The van der Waals surface area contributed by atoms with Gasteiger partial charge in [0.05, 0.1) is 19.9 Å². The molecule has 1 aromatic rings. The maximum atomic E-state index is 5.31. The Morgan fingerprint density at radius 3 is 2.56 bits per heavy atom. The summed E-state index contributed by atoms with van der Waals surface area (Å²) in [6.45, 7) is 1.87. The number of hydrazone groups is 1. The highest BCUT2D eigenvalue weighted by Crippen LogP contribution is 2.24. The van der Waals surface area contributed by atoms with Gasteiger partial charge in [0, 0.05) is 18.7 Å². The van der Waals surface area contributed by atoms with Gasteiger partial charge in [-0.1, -0.05) is 0 Å². The Morgan fingerprint density at radius 2 is 2.00 bits per heavy atom. The fraction of sp³-hybridized carbons (Fsp3) is 0.333. The largest absolute Gasteiger partial charge is 0.497 e. The molecule has 0 heterocycles. The molecule has 0 bridgehead atoms. The molecule has 0 aliphatic carbocycles. The van der Waals surface area contributed by atoms with Crippen molar-refractivity contribution < 1.29 is 9.47 Å². The zero-order valence-corrected chi connectivity index (χ0v) is 11.7. The van der Waals surface area contributed by atoms with Crippen molar-refractivity contribution >= 4 is 23.0 Å². The summed E-state index contributed by atoms with van der Waals surface area (Å²) in [6, 6.07) is 5.55. The van der Waals surface area contributed by atoms with Crippen LogP contribution in [0.3, 0.4) is 0 Å². The van der Waals surface area contributed by atoms with Crippen LogP contribution in [0.15, 0.2) is 23.3 Å². The number of nitrogens with one attached hydrogen (secondary N) is 2. The van der Waals surface area contributed by atoms with E-state index in [1.54, 1.807) is 21.3 Å². The molecule has 0 unspecified atom stereocenters. The zero-order chi connectivity index (χ0) is 13.5. The van der Waals surface area contributed by atoms with Gasteiger partial charge in [0.1, 0.15) is 11.5 Å². The fourth-order valence-electron chi connectivity index (χ4n) is 1.35. The van der Waals surface area contributed by atoms with Gasteiger partial charge in [0.25, 0.3) is 0 Å². The molecule has 18 heavy (non-hydrogen) atoms. The van der Waals surface area contributed by atoms with Crippen molar-refractivity contribution in [1.29, 1.82) is 0 Å². The normalized spacial score (nSPS) is 10.8. The second-order valence-electron chi connectivity index (χ2n) is 3.45. The highest BCUT2D eigenvalue weighted by molar-refractivity contribution is 7.80. The summed E-state index contributed by atoms with van der Waals surface area (Å²) in [4.78, 5) is 0. The van der Waals surface area contributed by atoms with E-state index in [0.29, 0.717) is 10.9 Å². The Hall–Kier alpha value is -1.82. The van der Waals surface area contributed by atoms with Gasteiger partial charge in [-0.15, -0.1) is 0 Å². The Bertz CT molecular complexity index is 461. The van der Waals surface area contributed by atoms with Gasteiger partial charge in [-0.05, 0) is 31.3 Å². The van der Waals surface area contributed by atoms with Gasteiger partial charge in [-0.25, -0.2) is 0 Å². The summed E-state index contributed by atoms with van der Waals surface area (Å²) in [5.74, 6) is 1.44. The summed E-state index contributed by atoms with van der Waals surface area (Å²) in [5, 5.41) is 7.41. The molecule has 0 radical (unpaired) electrons. The molecule has 2 N–H and O–H groups in total. The Morgan fingerprint density at radius 1 is 1.28 bits per heavy atom. The predicted octanol–water partition coefficient (Wildman–Crippen LogP) is 1.52. The molecule has 1 rings (SSSR count). The average Bonchev–Trinajstić information content (AvgIpc) is 2.43. The van der Waals surface area contributed by atoms with Crippen LogP contribution in [0.25, 0.3) is 0 Å². The first-order chi connectivity index (χ1) is 8.62. The number of hydrogen-bond donors (Lipinski definition) is 2. The van der Waals surface area contributed by atoms with Crippen molar-refractivity contribution in [3.63, 3.8) is 0 Å². The van der Waals surface area contributed by atoms with Crippen molar-refractivity contribution in [3.05, 3.63) is 23.8 Å². The molecule has 0 aromatic heterocycles. The smallest absolute Gasteiger partial charge is 0.186 e. The summed E-state index contributed by atoms with van der Waals surface area (Å²) < 4.78 is 10.4. The van der Waals surface area contributed by atoms with E-state index in [1.165, 1.54) is 0 Å². The van der Waals surface area contributed by atoms with Crippen LogP contribution in [0.2, 0.25) is 0 Å². The molecule has 0 saturated heterocycles. The number of nitrogens with zero attached hydrogens (tertiary/aromatic N) is 1. The maximum Gasteiger partial charge on any atom is 0.186 e. The second-order valence-corrected chi connectivity index (χ2v) is 3.86. The van der Waals surface area contributed by atoms with Crippen LogP contribution in [0, 0.1) is 0 Å². The van der Waals surface area contributed by atoms with E-state index in [1.807, 2.05) is 25.1 Å². The first-order valence-corrected chi connectivity index (χ1v) is 5.77. The van der Waals surface area contributed by atoms with Crippen molar-refractivity contribution in [1.82, 2.24) is 10.7 Å². The molecular weight excluding hydrogens is 250 g/mol. The number of hydrogen-bond acceptors (Lipinski definition) is 4. The molecular formula is C12H17N3O2S. The topological polar surface area (TPSA) is 54.9 Å². The van der Waals surface area contributed by atoms with Crippen LogP contribution >= 0.6 is 12.2 Å². The van der Waals surface area contributed by atoms with E-state index >= 15 is 0 Å². The maximum absolute atomic E-state index is 5.31. The molecule has 6 heteroatoms. The van der Waals surface area contributed by atoms with Crippen LogP contribution < -0.4 is 20.2 Å². The molecule has 0 aliphatic heterocycles. The second kappa shape index (κ2) is 6.80. The minimum atomic E-state index is 0.460. The first-order valence-electron chi connectivity index (χ1n) is 5.36. The van der Waals surface area contributed by atoms with Crippen molar-refractivity contribution in [3.8, 4) is 11.5 Å². The van der Waals surface area contributed by atoms with Crippen LogP contribution in [-0.2, 0) is 0 Å². The fourth-order valence-corrected chi connectivity index (χ4v) is 1.39. The lowest BCUT2D eigenvalue weighted by Crippen LogP contribution is -2.29.